The van der Waals surface area contributed by atoms with Gasteiger partial charge < -0.3 is 16.0 Å². The molecule has 0 bridgehead atoms. The summed E-state index contributed by atoms with van der Waals surface area (Å²) in [4.78, 5) is 15.5. The molecule has 2 aromatic rings. The second kappa shape index (κ2) is 3.58. The molecule has 1 aliphatic rings. The molecule has 0 unspecified atom stereocenters. The van der Waals surface area contributed by atoms with Crippen LogP contribution in [0.25, 0.3) is 11.2 Å². The predicted molar refractivity (Wildman–Crippen MR) is 66.6 cm³/mol. The van der Waals surface area contributed by atoms with Crippen molar-refractivity contribution in [2.75, 3.05) is 11.1 Å². The van der Waals surface area contributed by atoms with Gasteiger partial charge in [0.15, 0.2) is 11.5 Å². The first-order valence-corrected chi connectivity index (χ1v) is 5.97. The first-order valence-electron chi connectivity index (χ1n) is 5.97. The number of aromatic nitrogens is 4. The second-order valence-corrected chi connectivity index (χ2v) is 4.64. The van der Waals surface area contributed by atoms with Crippen molar-refractivity contribution < 1.29 is 0 Å². The summed E-state index contributed by atoms with van der Waals surface area (Å²) in [6.07, 6.45) is 6.34. The standard InChI is InChI=1S/C11H16N6/c1-2-11(4-3-5-11)17-9-7-8(14-6-13-7)15-10(12)16-9/h6H,2-5H2,1H3,(H4,12,13,14,15,16,17). The molecule has 90 valence electrons. The van der Waals surface area contributed by atoms with Crippen LogP contribution in [-0.2, 0) is 0 Å². The van der Waals surface area contributed by atoms with Gasteiger partial charge in [-0.1, -0.05) is 6.92 Å². The van der Waals surface area contributed by atoms with E-state index < -0.39 is 0 Å². The summed E-state index contributed by atoms with van der Waals surface area (Å²) in [5.74, 6) is 1.03. The van der Waals surface area contributed by atoms with Crippen LogP contribution in [0.5, 0.6) is 0 Å². The van der Waals surface area contributed by atoms with Crippen LogP contribution in [0.3, 0.4) is 0 Å². The molecule has 1 aliphatic carbocycles. The topological polar surface area (TPSA) is 92.5 Å². The third-order valence-electron chi connectivity index (χ3n) is 3.67. The molecule has 0 aromatic carbocycles. The summed E-state index contributed by atoms with van der Waals surface area (Å²) in [7, 11) is 0. The van der Waals surface area contributed by atoms with Gasteiger partial charge in [0.2, 0.25) is 5.95 Å². The van der Waals surface area contributed by atoms with Gasteiger partial charge in [0, 0.05) is 5.54 Å². The van der Waals surface area contributed by atoms with Crippen LogP contribution in [0.1, 0.15) is 32.6 Å². The maximum Gasteiger partial charge on any atom is 0.224 e. The lowest BCUT2D eigenvalue weighted by atomic mass is 9.75. The lowest BCUT2D eigenvalue weighted by Crippen LogP contribution is -2.44. The summed E-state index contributed by atoms with van der Waals surface area (Å²) >= 11 is 0. The highest BCUT2D eigenvalue weighted by Crippen LogP contribution is 2.38. The summed E-state index contributed by atoms with van der Waals surface area (Å²) in [5.41, 5.74) is 7.32. The molecule has 2 aromatic heterocycles. The van der Waals surface area contributed by atoms with Crippen LogP contribution in [0.2, 0.25) is 0 Å². The molecule has 0 atom stereocenters. The van der Waals surface area contributed by atoms with Crippen LogP contribution < -0.4 is 11.1 Å². The first kappa shape index (κ1) is 10.3. The minimum Gasteiger partial charge on any atom is -0.368 e. The number of hydrogen-bond donors (Lipinski definition) is 3. The van der Waals surface area contributed by atoms with E-state index in [4.69, 9.17) is 5.73 Å². The smallest absolute Gasteiger partial charge is 0.224 e. The zero-order valence-corrected chi connectivity index (χ0v) is 9.82. The zero-order valence-electron chi connectivity index (χ0n) is 9.82. The van der Waals surface area contributed by atoms with Crippen molar-refractivity contribution in [3.05, 3.63) is 6.33 Å². The van der Waals surface area contributed by atoms with Crippen molar-refractivity contribution in [2.45, 2.75) is 38.1 Å². The average Bonchev–Trinajstić information content (AvgIpc) is 2.71. The van der Waals surface area contributed by atoms with E-state index in [1.54, 1.807) is 6.33 Å². The Kier molecular flexibility index (Phi) is 2.17. The van der Waals surface area contributed by atoms with Gasteiger partial charge in [-0.2, -0.15) is 9.97 Å². The highest BCUT2D eigenvalue weighted by Gasteiger charge is 2.35. The lowest BCUT2D eigenvalue weighted by Gasteiger charge is -2.42. The number of nitrogen functional groups attached to an aromatic ring is 1. The van der Waals surface area contributed by atoms with Gasteiger partial charge in [0.05, 0.1) is 6.33 Å². The van der Waals surface area contributed by atoms with Gasteiger partial charge in [-0.15, -0.1) is 0 Å². The molecule has 0 radical (unpaired) electrons. The number of hydrogen-bond acceptors (Lipinski definition) is 5. The predicted octanol–water partition coefficient (Wildman–Crippen LogP) is 1.68. The van der Waals surface area contributed by atoms with E-state index in [0.717, 1.165) is 17.8 Å². The molecule has 1 saturated carbocycles. The monoisotopic (exact) mass is 232 g/mol. The van der Waals surface area contributed by atoms with E-state index in [9.17, 15) is 0 Å². The van der Waals surface area contributed by atoms with Crippen LogP contribution >= 0.6 is 0 Å². The van der Waals surface area contributed by atoms with Crippen molar-refractivity contribution in [1.82, 2.24) is 19.9 Å². The molecule has 6 heteroatoms. The maximum absolute atomic E-state index is 5.69. The maximum atomic E-state index is 5.69. The number of nitrogens with zero attached hydrogens (tertiary/aromatic N) is 3. The minimum absolute atomic E-state index is 0.179. The van der Waals surface area contributed by atoms with Crippen LogP contribution in [-0.4, -0.2) is 25.5 Å². The zero-order chi connectivity index (χ0) is 11.9. The van der Waals surface area contributed by atoms with E-state index in [2.05, 4.69) is 32.2 Å². The summed E-state index contributed by atoms with van der Waals surface area (Å²) in [6, 6.07) is 0. The summed E-state index contributed by atoms with van der Waals surface area (Å²) < 4.78 is 0. The molecule has 17 heavy (non-hydrogen) atoms. The molecular formula is C11H16N6. The Bertz CT molecular complexity index is 536. The third kappa shape index (κ3) is 1.60. The Hall–Kier alpha value is -1.85. The molecule has 3 rings (SSSR count). The number of imidazole rings is 1. The Morgan fingerprint density at radius 2 is 2.29 bits per heavy atom. The fraction of sp³-hybridized carbons (Fsp3) is 0.545. The molecule has 1 fully saturated rings. The molecular weight excluding hydrogens is 216 g/mol. The van der Waals surface area contributed by atoms with Crippen molar-refractivity contribution >= 4 is 22.9 Å². The van der Waals surface area contributed by atoms with Crippen molar-refractivity contribution in [1.29, 1.82) is 0 Å². The van der Waals surface area contributed by atoms with Crippen molar-refractivity contribution in [2.24, 2.45) is 0 Å². The van der Waals surface area contributed by atoms with Gasteiger partial charge >= 0.3 is 0 Å². The minimum atomic E-state index is 0.179. The largest absolute Gasteiger partial charge is 0.368 e. The van der Waals surface area contributed by atoms with Gasteiger partial charge in [0.1, 0.15) is 5.52 Å². The third-order valence-corrected chi connectivity index (χ3v) is 3.67. The van der Waals surface area contributed by atoms with Crippen LogP contribution in [0.15, 0.2) is 6.33 Å². The summed E-state index contributed by atoms with van der Waals surface area (Å²) in [6.45, 7) is 2.20. The molecule has 0 spiro atoms. The number of anilines is 2. The molecule has 4 N–H and O–H groups in total. The molecule has 2 heterocycles. The van der Waals surface area contributed by atoms with Crippen LogP contribution in [0.4, 0.5) is 11.8 Å². The molecule has 6 nitrogen and oxygen atoms in total. The van der Waals surface area contributed by atoms with Crippen molar-refractivity contribution in [3.63, 3.8) is 0 Å². The van der Waals surface area contributed by atoms with Gasteiger partial charge in [-0.05, 0) is 25.7 Å². The highest BCUT2D eigenvalue weighted by atomic mass is 15.2. The van der Waals surface area contributed by atoms with Crippen LogP contribution in [0, 0.1) is 0 Å². The normalized spacial score (nSPS) is 17.9. The number of aromatic amines is 1. The van der Waals surface area contributed by atoms with Crippen molar-refractivity contribution in [3.8, 4) is 0 Å². The van der Waals surface area contributed by atoms with E-state index in [1.165, 1.54) is 19.3 Å². The van der Waals surface area contributed by atoms with Gasteiger partial charge in [-0.25, -0.2) is 4.98 Å². The fourth-order valence-corrected chi connectivity index (χ4v) is 2.36. The quantitative estimate of drug-likeness (QED) is 0.748. The highest BCUT2D eigenvalue weighted by molar-refractivity contribution is 5.83. The molecule has 0 aliphatic heterocycles. The van der Waals surface area contributed by atoms with Gasteiger partial charge in [0.25, 0.3) is 0 Å². The van der Waals surface area contributed by atoms with E-state index in [0.29, 0.717) is 5.65 Å². The van der Waals surface area contributed by atoms with Gasteiger partial charge in [-0.3, -0.25) is 0 Å². The number of rotatable bonds is 3. The number of nitrogens with one attached hydrogen (secondary N) is 2. The molecule has 0 amide bonds. The Labute approximate surface area is 99.1 Å². The SMILES string of the molecule is CCC1(Nc2nc(N)nc3nc[nH]c23)CCC1. The van der Waals surface area contributed by atoms with E-state index >= 15 is 0 Å². The lowest BCUT2D eigenvalue weighted by molar-refractivity contribution is 0.269. The number of H-pyrrole nitrogens is 1. The average molecular weight is 232 g/mol. The first-order chi connectivity index (χ1) is 8.22. The summed E-state index contributed by atoms with van der Waals surface area (Å²) in [5, 5.41) is 3.51. The number of fused-ring (bicyclic) bond motifs is 1. The molecule has 0 saturated heterocycles. The Morgan fingerprint density at radius 3 is 2.94 bits per heavy atom. The van der Waals surface area contributed by atoms with E-state index in [1.807, 2.05) is 0 Å². The number of nitrogens with two attached hydrogens (primary N) is 1. The Morgan fingerprint density at radius 1 is 1.47 bits per heavy atom. The fourth-order valence-electron chi connectivity index (χ4n) is 2.36. The Balaban J connectivity index is 2.01. The van der Waals surface area contributed by atoms with E-state index in [-0.39, 0.29) is 11.5 Å². The second-order valence-electron chi connectivity index (χ2n) is 4.64.